The van der Waals surface area contributed by atoms with Crippen molar-refractivity contribution in [3.05, 3.63) is 55.1 Å². The van der Waals surface area contributed by atoms with Gasteiger partial charge in [-0.05, 0) is 11.6 Å². The molecule has 0 saturated heterocycles. The Morgan fingerprint density at radius 1 is 1.29 bits per heavy atom. The topological polar surface area (TPSA) is 40.9 Å². The van der Waals surface area contributed by atoms with Crippen LogP contribution in [0.25, 0.3) is 6.08 Å². The molecule has 1 rings (SSSR count). The maximum Gasteiger partial charge on any atom is 0.254 e. The highest BCUT2D eigenvalue weighted by Gasteiger charge is 1.81. The minimum absolute atomic E-state index is 0.588. The number of carbonyl (C=O) groups is 1. The molecule has 0 aliphatic heterocycles. The maximum atomic E-state index is 9.70. The van der Waals surface area contributed by atoms with Crippen LogP contribution in [0.1, 0.15) is 5.56 Å². The first-order chi connectivity index (χ1) is 6.74. The van der Waals surface area contributed by atoms with E-state index >= 15 is 0 Å². The molecule has 0 unspecified atom stereocenters. The van der Waals surface area contributed by atoms with E-state index in [0.29, 0.717) is 0 Å². The fourth-order valence-electron chi connectivity index (χ4n) is 0.635. The number of rotatable bonds is 2. The molecule has 0 atom stereocenters. The van der Waals surface area contributed by atoms with Crippen LogP contribution in [-0.2, 0) is 4.79 Å². The third kappa shape index (κ3) is 5.50. The van der Waals surface area contributed by atoms with Gasteiger partial charge in [-0.2, -0.15) is 5.26 Å². The van der Waals surface area contributed by atoms with Crippen molar-refractivity contribution in [3.63, 3.8) is 0 Å². The Bertz CT molecular complexity index is 346. The highest BCUT2D eigenvalue weighted by atomic mass is 16.1. The monoisotopic (exact) mass is 185 g/mol. The van der Waals surface area contributed by atoms with Gasteiger partial charge in [0.15, 0.2) is 0 Å². The molecule has 0 spiro atoms. The van der Waals surface area contributed by atoms with E-state index in [1.165, 1.54) is 11.6 Å². The second-order valence-electron chi connectivity index (χ2n) is 2.29. The molecule has 70 valence electrons. The van der Waals surface area contributed by atoms with E-state index in [1.807, 2.05) is 36.4 Å². The van der Waals surface area contributed by atoms with Gasteiger partial charge in [0.25, 0.3) is 5.78 Å². The summed E-state index contributed by atoms with van der Waals surface area (Å²) in [6.45, 7) is 6.69. The van der Waals surface area contributed by atoms with Gasteiger partial charge in [-0.15, -0.1) is 0 Å². The standard InChI is InChI=1S/C8H8.C4H3NO/c1-2-8-6-4-3-5-7-8;1-2-4(6)3-5/h2-7H,1H2;2H,1H2. The fourth-order valence-corrected chi connectivity index (χ4v) is 0.635. The zero-order valence-corrected chi connectivity index (χ0v) is 7.81. The minimum Gasteiger partial charge on any atom is -0.278 e. The first-order valence-electron chi connectivity index (χ1n) is 3.98. The van der Waals surface area contributed by atoms with Crippen molar-refractivity contribution in [3.8, 4) is 6.07 Å². The molecule has 0 bridgehead atoms. The van der Waals surface area contributed by atoms with Crippen molar-refractivity contribution in [2.24, 2.45) is 0 Å². The van der Waals surface area contributed by atoms with Crippen LogP contribution in [0.2, 0.25) is 0 Å². The summed E-state index contributed by atoms with van der Waals surface area (Å²) in [4.78, 5) is 9.70. The third-order valence-corrected chi connectivity index (χ3v) is 1.33. The number of nitriles is 1. The van der Waals surface area contributed by atoms with Crippen molar-refractivity contribution in [2.75, 3.05) is 0 Å². The summed E-state index contributed by atoms with van der Waals surface area (Å²) in [5, 5.41) is 7.66. The van der Waals surface area contributed by atoms with Crippen LogP contribution in [0.15, 0.2) is 49.6 Å². The number of carbonyl (C=O) groups excluding carboxylic acids is 1. The molecule has 0 fully saturated rings. The van der Waals surface area contributed by atoms with Gasteiger partial charge < -0.3 is 0 Å². The summed E-state index contributed by atoms with van der Waals surface area (Å²) < 4.78 is 0. The Balaban J connectivity index is 0.000000255. The molecular weight excluding hydrogens is 174 g/mol. The Kier molecular flexibility index (Phi) is 6.36. The molecule has 1 aromatic carbocycles. The smallest absolute Gasteiger partial charge is 0.254 e. The molecule has 2 nitrogen and oxygen atoms in total. The second kappa shape index (κ2) is 7.51. The van der Waals surface area contributed by atoms with E-state index in [1.54, 1.807) is 0 Å². The first kappa shape index (κ1) is 11.9. The largest absolute Gasteiger partial charge is 0.278 e. The summed E-state index contributed by atoms with van der Waals surface area (Å²) in [6.07, 6.45) is 2.81. The van der Waals surface area contributed by atoms with Gasteiger partial charge in [0, 0.05) is 0 Å². The van der Waals surface area contributed by atoms with E-state index in [9.17, 15) is 4.79 Å². The second-order valence-corrected chi connectivity index (χ2v) is 2.29. The van der Waals surface area contributed by atoms with Crippen LogP contribution < -0.4 is 0 Å². The van der Waals surface area contributed by atoms with Crippen LogP contribution in [0.4, 0.5) is 0 Å². The van der Waals surface area contributed by atoms with Gasteiger partial charge in [-0.3, -0.25) is 4.79 Å². The van der Waals surface area contributed by atoms with E-state index < -0.39 is 5.78 Å². The minimum atomic E-state index is -0.588. The lowest BCUT2D eigenvalue weighted by molar-refractivity contribution is -0.109. The van der Waals surface area contributed by atoms with Gasteiger partial charge in [0.05, 0.1) is 0 Å². The van der Waals surface area contributed by atoms with E-state index in [2.05, 4.69) is 13.2 Å². The quantitative estimate of drug-likeness (QED) is 0.525. The molecule has 0 aromatic heterocycles. The normalized spacial score (nSPS) is 7.36. The highest BCUT2D eigenvalue weighted by Crippen LogP contribution is 1.97. The fraction of sp³-hybridized carbons (Fsp3) is 0. The maximum absolute atomic E-state index is 9.70. The van der Waals surface area contributed by atoms with Crippen molar-refractivity contribution in [1.29, 1.82) is 5.26 Å². The summed E-state index contributed by atoms with van der Waals surface area (Å²) in [7, 11) is 0. The van der Waals surface area contributed by atoms with E-state index in [4.69, 9.17) is 5.26 Å². The molecule has 1 aromatic rings. The Morgan fingerprint density at radius 2 is 1.86 bits per heavy atom. The number of hydrogen-bond acceptors (Lipinski definition) is 2. The van der Waals surface area contributed by atoms with Gasteiger partial charge in [0.1, 0.15) is 6.07 Å². The number of nitrogens with zero attached hydrogens (tertiary/aromatic N) is 1. The molecule has 0 amide bonds. The lowest BCUT2D eigenvalue weighted by Crippen LogP contribution is -1.79. The summed E-state index contributed by atoms with van der Waals surface area (Å²) in [6, 6.07) is 11.4. The number of benzene rings is 1. The Labute approximate surface area is 83.8 Å². The van der Waals surface area contributed by atoms with Gasteiger partial charge >= 0.3 is 0 Å². The number of ketones is 1. The Morgan fingerprint density at radius 3 is 2.07 bits per heavy atom. The van der Waals surface area contributed by atoms with E-state index in [-0.39, 0.29) is 0 Å². The molecule has 0 saturated carbocycles. The molecule has 0 N–H and O–H groups in total. The van der Waals surface area contributed by atoms with Crippen LogP contribution in [0.3, 0.4) is 0 Å². The lowest BCUT2D eigenvalue weighted by Gasteiger charge is -1.85. The van der Waals surface area contributed by atoms with Crippen LogP contribution in [0, 0.1) is 11.3 Å². The Hall–Kier alpha value is -2.14. The van der Waals surface area contributed by atoms with Crippen LogP contribution >= 0.6 is 0 Å². The van der Waals surface area contributed by atoms with E-state index in [0.717, 1.165) is 6.08 Å². The molecule has 0 aliphatic carbocycles. The zero-order valence-electron chi connectivity index (χ0n) is 7.81. The predicted molar refractivity (Wildman–Crippen MR) is 57.4 cm³/mol. The summed E-state index contributed by atoms with van der Waals surface area (Å²) >= 11 is 0. The average molecular weight is 185 g/mol. The average Bonchev–Trinajstić information content (AvgIpc) is 2.30. The summed E-state index contributed by atoms with van der Waals surface area (Å²) in [5.41, 5.74) is 1.17. The van der Waals surface area contributed by atoms with Crippen LogP contribution in [-0.4, -0.2) is 5.78 Å². The molecular formula is C12H11NO. The van der Waals surface area contributed by atoms with Crippen LogP contribution in [0.5, 0.6) is 0 Å². The third-order valence-electron chi connectivity index (χ3n) is 1.33. The number of hydrogen-bond donors (Lipinski definition) is 0. The van der Waals surface area contributed by atoms with Crippen molar-refractivity contribution < 1.29 is 4.79 Å². The van der Waals surface area contributed by atoms with Crippen molar-refractivity contribution in [1.82, 2.24) is 0 Å². The van der Waals surface area contributed by atoms with Crippen molar-refractivity contribution in [2.45, 2.75) is 0 Å². The predicted octanol–water partition coefficient (Wildman–Crippen LogP) is 2.59. The lowest BCUT2D eigenvalue weighted by atomic mass is 10.2. The SMILES string of the molecule is C=CC(=O)C#N.C=Cc1ccccc1. The highest BCUT2D eigenvalue weighted by molar-refractivity contribution is 6.01. The molecule has 0 radical (unpaired) electrons. The zero-order chi connectivity index (χ0) is 10.8. The molecule has 0 heterocycles. The molecule has 2 heteroatoms. The van der Waals surface area contributed by atoms with Crippen molar-refractivity contribution >= 4 is 11.9 Å². The molecule has 14 heavy (non-hydrogen) atoms. The first-order valence-corrected chi connectivity index (χ1v) is 3.98. The van der Waals surface area contributed by atoms with Gasteiger partial charge in [-0.25, -0.2) is 0 Å². The molecule has 0 aliphatic rings. The summed E-state index contributed by atoms with van der Waals surface area (Å²) in [5.74, 6) is -0.588. The van der Waals surface area contributed by atoms with Gasteiger partial charge in [-0.1, -0.05) is 49.6 Å². The van der Waals surface area contributed by atoms with Gasteiger partial charge in [0.2, 0.25) is 0 Å². The number of allylic oxidation sites excluding steroid dienone is 1.